The number of rotatable bonds is 8. The van der Waals surface area contributed by atoms with Gasteiger partial charge in [-0.15, -0.1) is 0 Å². The maximum Gasteiger partial charge on any atom is 0.321 e. The van der Waals surface area contributed by atoms with Crippen molar-refractivity contribution in [1.29, 1.82) is 0 Å². The molecule has 0 saturated heterocycles. The van der Waals surface area contributed by atoms with E-state index < -0.39 is 22.0 Å². The summed E-state index contributed by atoms with van der Waals surface area (Å²) in [5.41, 5.74) is 0. The maximum absolute atomic E-state index is 11.3. The number of hydrogen-bond donors (Lipinski definition) is 2. The van der Waals surface area contributed by atoms with Crippen molar-refractivity contribution >= 4 is 16.0 Å². The molecule has 0 radical (unpaired) electrons. The van der Waals surface area contributed by atoms with Crippen LogP contribution in [0.2, 0.25) is 0 Å². The lowest BCUT2D eigenvalue weighted by atomic mass is 10.1. The Labute approximate surface area is 90.9 Å². The molecule has 0 aliphatic heterocycles. The van der Waals surface area contributed by atoms with Crippen LogP contribution in [0.5, 0.6) is 0 Å². The van der Waals surface area contributed by atoms with Gasteiger partial charge in [-0.2, -0.15) is 0 Å². The van der Waals surface area contributed by atoms with Gasteiger partial charge in [0.15, 0.2) is 0 Å². The van der Waals surface area contributed by atoms with Crippen molar-refractivity contribution in [3.63, 3.8) is 0 Å². The smallest absolute Gasteiger partial charge is 0.321 e. The summed E-state index contributed by atoms with van der Waals surface area (Å²) < 4.78 is 24.9. The van der Waals surface area contributed by atoms with Crippen molar-refractivity contribution in [3.8, 4) is 0 Å². The first-order chi connectivity index (χ1) is 6.93. The second-order valence-electron chi connectivity index (χ2n) is 3.47. The van der Waals surface area contributed by atoms with Crippen LogP contribution >= 0.6 is 0 Å². The Balaban J connectivity index is 4.34. The minimum absolute atomic E-state index is 0.0249. The van der Waals surface area contributed by atoms with E-state index >= 15 is 0 Å². The second-order valence-corrected chi connectivity index (χ2v) is 5.34. The number of aliphatic carboxylic acids is 1. The number of carboxylic acid groups (broad SMARTS) is 1. The molecule has 0 saturated carbocycles. The molecular weight excluding hydrogens is 218 g/mol. The van der Waals surface area contributed by atoms with Gasteiger partial charge in [0.25, 0.3) is 0 Å². The summed E-state index contributed by atoms with van der Waals surface area (Å²) in [5, 5.41) is 8.80. The lowest BCUT2D eigenvalue weighted by Crippen LogP contribution is -2.41. The lowest BCUT2D eigenvalue weighted by Gasteiger charge is -2.13. The van der Waals surface area contributed by atoms with E-state index in [1.54, 1.807) is 6.92 Å². The monoisotopic (exact) mass is 237 g/mol. The van der Waals surface area contributed by atoms with Crippen molar-refractivity contribution in [1.82, 2.24) is 4.72 Å². The van der Waals surface area contributed by atoms with Crippen LogP contribution in [0.15, 0.2) is 0 Å². The van der Waals surface area contributed by atoms with Gasteiger partial charge in [-0.05, 0) is 12.8 Å². The zero-order valence-electron chi connectivity index (χ0n) is 9.19. The predicted molar refractivity (Wildman–Crippen MR) is 58.2 cm³/mol. The Morgan fingerprint density at radius 2 is 1.93 bits per heavy atom. The van der Waals surface area contributed by atoms with Crippen LogP contribution in [-0.2, 0) is 14.8 Å². The molecule has 0 spiro atoms. The number of sulfonamides is 1. The molecule has 0 amide bonds. The standard InChI is InChI=1S/C9H19NO4S/c1-3-5-6-8(9(11)12)10-15(13,14)7-4-2/h8,10H,3-7H2,1-2H3,(H,11,12). The van der Waals surface area contributed by atoms with Crippen LogP contribution in [0.4, 0.5) is 0 Å². The zero-order valence-corrected chi connectivity index (χ0v) is 10.0. The normalized spacial score (nSPS) is 13.7. The van der Waals surface area contributed by atoms with Gasteiger partial charge in [-0.3, -0.25) is 4.79 Å². The fraction of sp³-hybridized carbons (Fsp3) is 0.889. The van der Waals surface area contributed by atoms with Gasteiger partial charge in [0.05, 0.1) is 5.75 Å². The molecule has 0 heterocycles. The second kappa shape index (κ2) is 6.79. The van der Waals surface area contributed by atoms with Gasteiger partial charge in [0, 0.05) is 0 Å². The van der Waals surface area contributed by atoms with Gasteiger partial charge in [0.1, 0.15) is 6.04 Å². The van der Waals surface area contributed by atoms with Crippen molar-refractivity contribution in [2.24, 2.45) is 0 Å². The minimum atomic E-state index is -3.44. The fourth-order valence-corrected chi connectivity index (χ4v) is 2.49. The van der Waals surface area contributed by atoms with E-state index in [2.05, 4.69) is 4.72 Å². The van der Waals surface area contributed by atoms with E-state index in [0.717, 1.165) is 6.42 Å². The van der Waals surface area contributed by atoms with Crippen LogP contribution in [0.3, 0.4) is 0 Å². The number of nitrogens with one attached hydrogen (secondary N) is 1. The summed E-state index contributed by atoms with van der Waals surface area (Å²) in [4.78, 5) is 10.8. The van der Waals surface area contributed by atoms with Crippen LogP contribution < -0.4 is 4.72 Å². The molecular formula is C9H19NO4S. The van der Waals surface area contributed by atoms with E-state index in [9.17, 15) is 13.2 Å². The van der Waals surface area contributed by atoms with E-state index in [-0.39, 0.29) is 5.75 Å². The van der Waals surface area contributed by atoms with Gasteiger partial charge >= 0.3 is 5.97 Å². The third-order valence-electron chi connectivity index (χ3n) is 1.94. The van der Waals surface area contributed by atoms with Crippen molar-refractivity contribution in [2.45, 2.75) is 45.6 Å². The third-order valence-corrected chi connectivity index (χ3v) is 3.53. The van der Waals surface area contributed by atoms with Crippen molar-refractivity contribution in [3.05, 3.63) is 0 Å². The fourth-order valence-electron chi connectivity index (χ4n) is 1.19. The summed E-state index contributed by atoms with van der Waals surface area (Å²) >= 11 is 0. The average molecular weight is 237 g/mol. The first-order valence-corrected chi connectivity index (χ1v) is 6.81. The minimum Gasteiger partial charge on any atom is -0.480 e. The Kier molecular flexibility index (Phi) is 6.51. The summed E-state index contributed by atoms with van der Waals surface area (Å²) in [6.07, 6.45) is 2.37. The van der Waals surface area contributed by atoms with Gasteiger partial charge in [-0.1, -0.05) is 26.7 Å². The largest absolute Gasteiger partial charge is 0.480 e. The first kappa shape index (κ1) is 14.4. The number of unbranched alkanes of at least 4 members (excludes halogenated alkanes) is 1. The average Bonchev–Trinajstić information content (AvgIpc) is 2.11. The Morgan fingerprint density at radius 3 is 2.33 bits per heavy atom. The lowest BCUT2D eigenvalue weighted by molar-refractivity contribution is -0.139. The molecule has 0 aliphatic rings. The van der Waals surface area contributed by atoms with Crippen LogP contribution in [-0.4, -0.2) is 31.3 Å². The van der Waals surface area contributed by atoms with Crippen molar-refractivity contribution in [2.75, 3.05) is 5.75 Å². The summed E-state index contributed by atoms with van der Waals surface area (Å²) in [5.74, 6) is -1.13. The van der Waals surface area contributed by atoms with Gasteiger partial charge < -0.3 is 5.11 Å². The first-order valence-electron chi connectivity index (χ1n) is 5.15. The van der Waals surface area contributed by atoms with Gasteiger partial charge in [-0.25, -0.2) is 13.1 Å². The Hall–Kier alpha value is -0.620. The van der Waals surface area contributed by atoms with Crippen LogP contribution in [0.25, 0.3) is 0 Å². The predicted octanol–water partition coefficient (Wildman–Crippen LogP) is 0.959. The summed E-state index contributed by atoms with van der Waals surface area (Å²) in [6.45, 7) is 3.67. The highest BCUT2D eigenvalue weighted by atomic mass is 32.2. The van der Waals surface area contributed by atoms with E-state index in [1.165, 1.54) is 0 Å². The molecule has 0 aromatic rings. The summed E-state index contributed by atoms with van der Waals surface area (Å²) in [7, 11) is -3.44. The molecule has 0 aromatic heterocycles. The van der Waals surface area contributed by atoms with Gasteiger partial charge in [0.2, 0.25) is 10.0 Å². The SMILES string of the molecule is CCCCC(NS(=O)(=O)CCC)C(=O)O. The van der Waals surface area contributed by atoms with Crippen molar-refractivity contribution < 1.29 is 18.3 Å². The topological polar surface area (TPSA) is 83.5 Å². The van der Waals surface area contributed by atoms with Crippen LogP contribution in [0, 0.1) is 0 Å². The number of hydrogen-bond acceptors (Lipinski definition) is 3. The molecule has 0 rings (SSSR count). The zero-order chi connectivity index (χ0) is 11.9. The molecule has 0 bridgehead atoms. The summed E-state index contributed by atoms with van der Waals surface area (Å²) in [6, 6.07) is -0.985. The molecule has 1 unspecified atom stereocenters. The highest BCUT2D eigenvalue weighted by Crippen LogP contribution is 2.03. The van der Waals surface area contributed by atoms with E-state index in [1.807, 2.05) is 6.92 Å². The molecule has 15 heavy (non-hydrogen) atoms. The Morgan fingerprint density at radius 1 is 1.33 bits per heavy atom. The van der Waals surface area contributed by atoms with E-state index in [0.29, 0.717) is 19.3 Å². The highest BCUT2D eigenvalue weighted by Gasteiger charge is 2.22. The molecule has 90 valence electrons. The Bertz CT molecular complexity index is 286. The third kappa shape index (κ3) is 6.46. The molecule has 0 aromatic carbocycles. The maximum atomic E-state index is 11.3. The molecule has 2 N–H and O–H groups in total. The number of carboxylic acids is 1. The molecule has 0 aliphatic carbocycles. The van der Waals surface area contributed by atoms with Crippen LogP contribution in [0.1, 0.15) is 39.5 Å². The number of carbonyl (C=O) groups is 1. The molecule has 5 nitrogen and oxygen atoms in total. The van der Waals surface area contributed by atoms with E-state index in [4.69, 9.17) is 5.11 Å². The highest BCUT2D eigenvalue weighted by molar-refractivity contribution is 7.89. The molecule has 1 atom stereocenters. The molecule has 6 heteroatoms. The quantitative estimate of drug-likeness (QED) is 0.658. The molecule has 0 fully saturated rings.